The molecule has 3 N–H and O–H groups in total. The van der Waals surface area contributed by atoms with Gasteiger partial charge in [-0.2, -0.15) is 0 Å². The maximum absolute atomic E-state index is 12.0. The Kier molecular flexibility index (Phi) is 3.63. The quantitative estimate of drug-likeness (QED) is 0.892. The number of ether oxygens (including phenoxy) is 2. The van der Waals surface area contributed by atoms with Crippen LogP contribution in [0.25, 0.3) is 0 Å². The lowest BCUT2D eigenvalue weighted by Gasteiger charge is -2.42. The molecular weight excluding hydrogens is 268 g/mol. The number of rotatable bonds is 3. The van der Waals surface area contributed by atoms with E-state index in [1.54, 1.807) is 0 Å². The van der Waals surface area contributed by atoms with Crippen molar-refractivity contribution in [3.8, 4) is 0 Å². The summed E-state index contributed by atoms with van der Waals surface area (Å²) in [5.74, 6) is -0.801. The average Bonchev–Trinajstić information content (AvgIpc) is 2.93. The molecule has 2 aliphatic rings. The van der Waals surface area contributed by atoms with Gasteiger partial charge in [-0.1, -0.05) is 17.7 Å². The summed E-state index contributed by atoms with van der Waals surface area (Å²) in [5.41, 5.74) is 7.08. The Bertz CT molecular complexity index is 511. The number of carbonyl (C=O) groups excluding carboxylic acids is 1. The van der Waals surface area contributed by atoms with Crippen molar-refractivity contribution < 1.29 is 14.3 Å². The molecule has 0 unspecified atom stereocenters. The monoisotopic (exact) mass is 290 g/mol. The van der Waals surface area contributed by atoms with Crippen molar-refractivity contribution in [1.29, 1.82) is 0 Å². The first kappa shape index (κ1) is 14.4. The number of aryl methyl sites for hydroxylation is 1. The van der Waals surface area contributed by atoms with Gasteiger partial charge in [-0.3, -0.25) is 4.79 Å². The largest absolute Gasteiger partial charge is 0.371 e. The number of hydrogen-bond donors (Lipinski definition) is 2. The summed E-state index contributed by atoms with van der Waals surface area (Å²) in [5, 5.41) is 3.34. The molecule has 1 heterocycles. The summed E-state index contributed by atoms with van der Waals surface area (Å²) in [6, 6.07) is 8.00. The molecule has 5 nitrogen and oxygen atoms in total. The van der Waals surface area contributed by atoms with Gasteiger partial charge in [0.2, 0.25) is 5.91 Å². The second kappa shape index (κ2) is 5.31. The van der Waals surface area contributed by atoms with E-state index in [-0.39, 0.29) is 5.91 Å². The highest BCUT2D eigenvalue weighted by atomic mass is 16.7. The van der Waals surface area contributed by atoms with Crippen molar-refractivity contribution in [2.24, 2.45) is 5.73 Å². The molecule has 114 valence electrons. The fourth-order valence-corrected chi connectivity index (χ4v) is 3.19. The molecule has 1 saturated heterocycles. The first-order valence-corrected chi connectivity index (χ1v) is 7.46. The van der Waals surface area contributed by atoms with Gasteiger partial charge in [-0.15, -0.1) is 0 Å². The lowest BCUT2D eigenvalue weighted by atomic mass is 9.78. The summed E-state index contributed by atoms with van der Waals surface area (Å²) < 4.78 is 11.4. The van der Waals surface area contributed by atoms with Gasteiger partial charge in [-0.25, -0.2) is 0 Å². The predicted molar refractivity (Wildman–Crippen MR) is 79.8 cm³/mol. The Morgan fingerprint density at radius 3 is 2.19 bits per heavy atom. The van der Waals surface area contributed by atoms with Crippen LogP contribution in [0.2, 0.25) is 0 Å². The van der Waals surface area contributed by atoms with Crippen LogP contribution in [0.1, 0.15) is 31.2 Å². The van der Waals surface area contributed by atoms with Gasteiger partial charge >= 0.3 is 0 Å². The molecule has 1 aliphatic carbocycles. The number of primary amides is 1. The Morgan fingerprint density at radius 1 is 1.10 bits per heavy atom. The van der Waals surface area contributed by atoms with E-state index in [9.17, 15) is 4.79 Å². The van der Waals surface area contributed by atoms with Crippen molar-refractivity contribution in [1.82, 2.24) is 0 Å². The molecule has 1 saturated carbocycles. The topological polar surface area (TPSA) is 73.6 Å². The molecule has 5 heteroatoms. The maximum atomic E-state index is 12.0. The highest BCUT2D eigenvalue weighted by Gasteiger charge is 2.49. The fraction of sp³-hybridized carbons (Fsp3) is 0.562. The van der Waals surface area contributed by atoms with Crippen LogP contribution in [0.4, 0.5) is 5.69 Å². The zero-order valence-corrected chi connectivity index (χ0v) is 12.4. The smallest absolute Gasteiger partial charge is 0.243 e. The number of amides is 1. The van der Waals surface area contributed by atoms with Crippen molar-refractivity contribution in [3.63, 3.8) is 0 Å². The lowest BCUT2D eigenvalue weighted by molar-refractivity contribution is -0.183. The normalized spacial score (nSPS) is 23.1. The van der Waals surface area contributed by atoms with Gasteiger partial charge in [0.05, 0.1) is 13.2 Å². The molecule has 1 aliphatic heterocycles. The Balaban J connectivity index is 1.75. The van der Waals surface area contributed by atoms with Gasteiger partial charge in [0.1, 0.15) is 5.54 Å². The molecule has 1 amide bonds. The van der Waals surface area contributed by atoms with E-state index in [1.165, 1.54) is 5.56 Å². The Labute approximate surface area is 124 Å². The molecule has 1 spiro atoms. The molecule has 0 bridgehead atoms. The zero-order chi connectivity index (χ0) is 14.9. The third kappa shape index (κ3) is 2.76. The fourth-order valence-electron chi connectivity index (χ4n) is 3.19. The number of hydrogen-bond acceptors (Lipinski definition) is 4. The van der Waals surface area contributed by atoms with Crippen LogP contribution in [0.3, 0.4) is 0 Å². The summed E-state index contributed by atoms with van der Waals surface area (Å²) in [6.45, 7) is 3.30. The second-order valence-electron chi connectivity index (χ2n) is 6.04. The molecule has 1 aromatic carbocycles. The standard InChI is InChI=1S/C16H22N2O3/c1-12-2-4-13(5-3-12)18-15(14(17)19)6-8-16(9-7-15)20-10-11-21-16/h2-5,18H,6-11H2,1H3,(H2,17,19). The Morgan fingerprint density at radius 2 is 1.67 bits per heavy atom. The van der Waals surface area contributed by atoms with Crippen molar-refractivity contribution in [2.75, 3.05) is 18.5 Å². The number of carbonyl (C=O) groups is 1. The van der Waals surface area contributed by atoms with Crippen LogP contribution >= 0.6 is 0 Å². The number of nitrogens with one attached hydrogen (secondary N) is 1. The minimum Gasteiger partial charge on any atom is -0.371 e. The third-order valence-corrected chi connectivity index (χ3v) is 4.59. The lowest BCUT2D eigenvalue weighted by Crippen LogP contribution is -2.55. The predicted octanol–water partition coefficient (Wildman–Crippen LogP) is 1.95. The summed E-state index contributed by atoms with van der Waals surface area (Å²) >= 11 is 0. The Hall–Kier alpha value is -1.59. The van der Waals surface area contributed by atoms with E-state index in [0.29, 0.717) is 38.9 Å². The number of nitrogens with two attached hydrogens (primary N) is 1. The van der Waals surface area contributed by atoms with E-state index >= 15 is 0 Å². The molecule has 2 fully saturated rings. The molecule has 1 aromatic rings. The second-order valence-corrected chi connectivity index (χ2v) is 6.04. The summed E-state index contributed by atoms with van der Waals surface area (Å²) in [4.78, 5) is 12.0. The van der Waals surface area contributed by atoms with Gasteiger partial charge in [-0.05, 0) is 31.9 Å². The van der Waals surface area contributed by atoms with Crippen molar-refractivity contribution in [3.05, 3.63) is 29.8 Å². The van der Waals surface area contributed by atoms with Gasteiger partial charge in [0, 0.05) is 18.5 Å². The van der Waals surface area contributed by atoms with Crippen molar-refractivity contribution >= 4 is 11.6 Å². The molecule has 21 heavy (non-hydrogen) atoms. The number of benzene rings is 1. The molecule has 0 aromatic heterocycles. The van der Waals surface area contributed by atoms with E-state index in [0.717, 1.165) is 5.69 Å². The highest BCUT2D eigenvalue weighted by Crippen LogP contribution is 2.41. The van der Waals surface area contributed by atoms with Gasteiger partial charge in [0.25, 0.3) is 0 Å². The first-order chi connectivity index (χ1) is 10.0. The molecule has 0 atom stereocenters. The van der Waals surface area contributed by atoms with Gasteiger partial charge in [0.15, 0.2) is 5.79 Å². The van der Waals surface area contributed by atoms with Crippen LogP contribution in [-0.4, -0.2) is 30.4 Å². The SMILES string of the molecule is Cc1ccc(NC2(C(N)=O)CCC3(CC2)OCCO3)cc1. The van der Waals surface area contributed by atoms with Crippen LogP contribution in [-0.2, 0) is 14.3 Å². The van der Waals surface area contributed by atoms with E-state index < -0.39 is 11.3 Å². The van der Waals surface area contributed by atoms with Crippen LogP contribution < -0.4 is 11.1 Å². The summed E-state index contributed by atoms with van der Waals surface area (Å²) in [6.07, 6.45) is 2.62. The zero-order valence-electron chi connectivity index (χ0n) is 12.4. The molecule has 3 rings (SSSR count). The van der Waals surface area contributed by atoms with E-state index in [1.807, 2.05) is 31.2 Å². The van der Waals surface area contributed by atoms with Crippen LogP contribution in [0, 0.1) is 6.92 Å². The van der Waals surface area contributed by atoms with Crippen LogP contribution in [0.5, 0.6) is 0 Å². The van der Waals surface area contributed by atoms with E-state index in [4.69, 9.17) is 15.2 Å². The van der Waals surface area contributed by atoms with Crippen molar-refractivity contribution in [2.45, 2.75) is 43.9 Å². The minimum atomic E-state index is -0.712. The number of anilines is 1. The maximum Gasteiger partial charge on any atom is 0.243 e. The molecule has 0 radical (unpaired) electrons. The average molecular weight is 290 g/mol. The van der Waals surface area contributed by atoms with Gasteiger partial charge < -0.3 is 20.5 Å². The van der Waals surface area contributed by atoms with Crippen LogP contribution in [0.15, 0.2) is 24.3 Å². The first-order valence-electron chi connectivity index (χ1n) is 7.46. The molecular formula is C16H22N2O3. The minimum absolute atomic E-state index is 0.309. The third-order valence-electron chi connectivity index (χ3n) is 4.59. The van der Waals surface area contributed by atoms with E-state index in [2.05, 4.69) is 5.32 Å². The highest BCUT2D eigenvalue weighted by molar-refractivity contribution is 5.88. The summed E-state index contributed by atoms with van der Waals surface area (Å²) in [7, 11) is 0.